The van der Waals surface area contributed by atoms with Gasteiger partial charge in [0.1, 0.15) is 5.56 Å². The first-order valence-corrected chi connectivity index (χ1v) is 8.01. The molecule has 0 aromatic carbocycles. The summed E-state index contributed by atoms with van der Waals surface area (Å²) in [5.41, 5.74) is -1.27. The van der Waals surface area contributed by atoms with Gasteiger partial charge in [-0.1, -0.05) is 13.8 Å². The summed E-state index contributed by atoms with van der Waals surface area (Å²) >= 11 is 0. The molecule has 0 unspecified atom stereocenters. The van der Waals surface area contributed by atoms with E-state index in [-0.39, 0.29) is 36.9 Å². The molecule has 0 amide bonds. The van der Waals surface area contributed by atoms with Gasteiger partial charge in [-0.25, -0.2) is 9.59 Å². The van der Waals surface area contributed by atoms with Gasteiger partial charge in [-0.2, -0.15) is 9.61 Å². The zero-order chi connectivity index (χ0) is 18.7. The van der Waals surface area contributed by atoms with Crippen molar-refractivity contribution in [2.45, 2.75) is 34.2 Å². The number of nitrogens with zero attached hydrogens (tertiary/aromatic N) is 3. The normalized spacial score (nSPS) is 11.1. The standard InChI is InChI=1S/C16H21N3O6/c1-5-24-15(22)10-7-17-19-12(10)18(8-9(3)4)13(20)11(14(19)21)16(23)25-6-2/h7,9,20H,5-6,8H2,1-4H3. The Hall–Kier alpha value is -2.84. The van der Waals surface area contributed by atoms with E-state index in [0.717, 1.165) is 4.52 Å². The average molecular weight is 351 g/mol. The first-order valence-electron chi connectivity index (χ1n) is 8.01. The van der Waals surface area contributed by atoms with Gasteiger partial charge in [0.2, 0.25) is 5.88 Å². The molecule has 9 nitrogen and oxygen atoms in total. The predicted octanol–water partition coefficient (Wildman–Crippen LogP) is 1.21. The summed E-state index contributed by atoms with van der Waals surface area (Å²) in [6.07, 6.45) is 1.18. The fraction of sp³-hybridized carbons (Fsp3) is 0.500. The molecule has 2 aromatic rings. The maximum atomic E-state index is 12.6. The Bertz CT molecular complexity index is 865. The lowest BCUT2D eigenvalue weighted by molar-refractivity contribution is 0.0514. The van der Waals surface area contributed by atoms with E-state index in [0.29, 0.717) is 0 Å². The van der Waals surface area contributed by atoms with Gasteiger partial charge in [0.05, 0.1) is 19.4 Å². The Kier molecular flexibility index (Phi) is 5.45. The van der Waals surface area contributed by atoms with E-state index < -0.39 is 28.9 Å². The summed E-state index contributed by atoms with van der Waals surface area (Å²) in [7, 11) is 0. The van der Waals surface area contributed by atoms with E-state index in [1.54, 1.807) is 13.8 Å². The highest BCUT2D eigenvalue weighted by atomic mass is 16.5. The molecule has 2 rings (SSSR count). The molecule has 136 valence electrons. The van der Waals surface area contributed by atoms with Crippen molar-refractivity contribution in [3.05, 3.63) is 27.7 Å². The van der Waals surface area contributed by atoms with Gasteiger partial charge >= 0.3 is 11.9 Å². The summed E-state index contributed by atoms with van der Waals surface area (Å²) in [6.45, 7) is 7.47. The zero-order valence-corrected chi connectivity index (χ0v) is 14.6. The van der Waals surface area contributed by atoms with E-state index in [9.17, 15) is 19.5 Å². The van der Waals surface area contributed by atoms with Crippen molar-refractivity contribution in [1.82, 2.24) is 14.2 Å². The van der Waals surface area contributed by atoms with Gasteiger partial charge in [0.25, 0.3) is 5.56 Å². The molecule has 0 atom stereocenters. The molecule has 0 saturated heterocycles. The quantitative estimate of drug-likeness (QED) is 0.778. The second kappa shape index (κ2) is 7.37. The maximum Gasteiger partial charge on any atom is 0.349 e. The first kappa shape index (κ1) is 18.5. The van der Waals surface area contributed by atoms with Crippen molar-refractivity contribution in [1.29, 1.82) is 0 Å². The SMILES string of the molecule is CCOC(=O)c1c(O)n(CC(C)C)c2c(C(=O)OCC)cnn2c1=O. The van der Waals surface area contributed by atoms with Crippen LogP contribution in [0.5, 0.6) is 5.88 Å². The molecule has 0 aliphatic heterocycles. The molecule has 0 radical (unpaired) electrons. The summed E-state index contributed by atoms with van der Waals surface area (Å²) in [5, 5.41) is 14.4. The number of carbonyl (C=O) groups excluding carboxylic acids is 2. The first-order chi connectivity index (χ1) is 11.8. The number of rotatable bonds is 6. The molecule has 2 aromatic heterocycles. The molecular weight excluding hydrogens is 330 g/mol. The molecule has 25 heavy (non-hydrogen) atoms. The fourth-order valence-corrected chi connectivity index (χ4v) is 2.46. The van der Waals surface area contributed by atoms with Crippen LogP contribution >= 0.6 is 0 Å². The Morgan fingerprint density at radius 1 is 1.20 bits per heavy atom. The van der Waals surface area contributed by atoms with Gasteiger partial charge in [-0.05, 0) is 19.8 Å². The van der Waals surface area contributed by atoms with Crippen LogP contribution in [-0.2, 0) is 16.0 Å². The smallest absolute Gasteiger partial charge is 0.349 e. The second-order valence-corrected chi connectivity index (χ2v) is 5.74. The van der Waals surface area contributed by atoms with E-state index in [1.807, 2.05) is 13.8 Å². The van der Waals surface area contributed by atoms with Crippen molar-refractivity contribution < 1.29 is 24.2 Å². The lowest BCUT2D eigenvalue weighted by atomic mass is 10.2. The minimum absolute atomic E-state index is 0.0327. The van der Waals surface area contributed by atoms with Gasteiger partial charge in [-0.3, -0.25) is 9.36 Å². The molecule has 0 aliphatic carbocycles. The predicted molar refractivity (Wildman–Crippen MR) is 87.9 cm³/mol. The molecule has 1 N–H and O–H groups in total. The Morgan fingerprint density at radius 2 is 1.80 bits per heavy atom. The molecule has 0 spiro atoms. The number of aromatic nitrogens is 3. The molecule has 0 bridgehead atoms. The van der Waals surface area contributed by atoms with Crippen LogP contribution in [0.25, 0.3) is 5.65 Å². The lowest BCUT2D eigenvalue weighted by Crippen LogP contribution is -2.28. The van der Waals surface area contributed by atoms with Gasteiger partial charge in [0, 0.05) is 6.54 Å². The van der Waals surface area contributed by atoms with Crippen LogP contribution < -0.4 is 5.56 Å². The highest BCUT2D eigenvalue weighted by molar-refractivity contribution is 5.97. The second-order valence-electron chi connectivity index (χ2n) is 5.74. The van der Waals surface area contributed by atoms with Gasteiger partial charge in [-0.15, -0.1) is 0 Å². The molecule has 0 aliphatic rings. The van der Waals surface area contributed by atoms with E-state index in [1.165, 1.54) is 10.8 Å². The molecular formula is C16H21N3O6. The number of ether oxygens (including phenoxy) is 2. The number of hydrogen-bond donors (Lipinski definition) is 1. The van der Waals surface area contributed by atoms with Gasteiger partial charge in [0.15, 0.2) is 11.2 Å². The minimum Gasteiger partial charge on any atom is -0.494 e. The number of fused-ring (bicyclic) bond motifs is 1. The van der Waals surface area contributed by atoms with E-state index in [4.69, 9.17) is 9.47 Å². The Morgan fingerprint density at radius 3 is 2.36 bits per heavy atom. The highest BCUT2D eigenvalue weighted by Crippen LogP contribution is 2.22. The Labute approximate surface area is 143 Å². The van der Waals surface area contributed by atoms with Crippen LogP contribution in [0.4, 0.5) is 0 Å². The van der Waals surface area contributed by atoms with Crippen molar-refractivity contribution in [3.63, 3.8) is 0 Å². The number of carbonyl (C=O) groups is 2. The molecule has 9 heteroatoms. The summed E-state index contributed by atoms with van der Waals surface area (Å²) in [4.78, 5) is 36.8. The monoisotopic (exact) mass is 351 g/mol. The minimum atomic E-state index is -0.947. The van der Waals surface area contributed by atoms with E-state index >= 15 is 0 Å². The third kappa shape index (κ3) is 3.35. The summed E-state index contributed by atoms with van der Waals surface area (Å²) in [6, 6.07) is 0. The number of esters is 2. The van der Waals surface area contributed by atoms with Crippen LogP contribution in [0.3, 0.4) is 0 Å². The summed E-state index contributed by atoms with van der Waals surface area (Å²) < 4.78 is 12.0. The number of hydrogen-bond acceptors (Lipinski definition) is 7. The van der Waals surface area contributed by atoms with Crippen molar-refractivity contribution in [2.75, 3.05) is 13.2 Å². The van der Waals surface area contributed by atoms with Crippen molar-refractivity contribution >= 4 is 17.6 Å². The maximum absolute atomic E-state index is 12.6. The largest absolute Gasteiger partial charge is 0.494 e. The van der Waals surface area contributed by atoms with Crippen molar-refractivity contribution in [3.8, 4) is 5.88 Å². The van der Waals surface area contributed by atoms with Crippen LogP contribution in [0.15, 0.2) is 11.0 Å². The zero-order valence-electron chi connectivity index (χ0n) is 14.6. The average Bonchev–Trinajstić information content (AvgIpc) is 2.97. The topological polar surface area (TPSA) is 112 Å². The molecule has 2 heterocycles. The van der Waals surface area contributed by atoms with Crippen LogP contribution in [0.2, 0.25) is 0 Å². The third-order valence-electron chi connectivity index (χ3n) is 3.41. The van der Waals surface area contributed by atoms with Crippen molar-refractivity contribution in [2.24, 2.45) is 5.92 Å². The molecule has 0 fully saturated rings. The fourth-order valence-electron chi connectivity index (χ4n) is 2.46. The van der Waals surface area contributed by atoms with Crippen LogP contribution in [0, 0.1) is 5.92 Å². The number of aromatic hydroxyl groups is 1. The summed E-state index contributed by atoms with van der Waals surface area (Å²) in [5.74, 6) is -2.12. The van der Waals surface area contributed by atoms with Crippen LogP contribution in [0.1, 0.15) is 48.4 Å². The highest BCUT2D eigenvalue weighted by Gasteiger charge is 2.28. The Balaban J connectivity index is 2.83. The van der Waals surface area contributed by atoms with Crippen LogP contribution in [-0.4, -0.2) is 44.4 Å². The lowest BCUT2D eigenvalue weighted by Gasteiger charge is -2.16. The third-order valence-corrected chi connectivity index (χ3v) is 3.41. The van der Waals surface area contributed by atoms with Gasteiger partial charge < -0.3 is 14.6 Å². The molecule has 0 saturated carbocycles. The van der Waals surface area contributed by atoms with E-state index in [2.05, 4.69) is 5.10 Å².